The molecule has 2 rings (SSSR count). The molecule has 0 unspecified atom stereocenters. The lowest BCUT2D eigenvalue weighted by Gasteiger charge is -2.13. The Bertz CT molecular complexity index is 329. The second-order valence-corrected chi connectivity index (χ2v) is 2.89. The molecule has 2 nitrogen and oxygen atoms in total. The maximum absolute atomic E-state index is 10.9. The van der Waals surface area contributed by atoms with Crippen molar-refractivity contribution in [3.63, 3.8) is 0 Å². The van der Waals surface area contributed by atoms with Crippen molar-refractivity contribution >= 4 is 5.78 Å². The summed E-state index contributed by atoms with van der Waals surface area (Å²) in [6, 6.07) is 4.99. The first kappa shape index (κ1) is 7.35. The van der Waals surface area contributed by atoms with Gasteiger partial charge >= 0.3 is 0 Å². The molecule has 12 heavy (non-hydrogen) atoms. The second-order valence-electron chi connectivity index (χ2n) is 2.89. The maximum Gasteiger partial charge on any atom is 0.146 e. The van der Waals surface area contributed by atoms with Gasteiger partial charge in [0.05, 0.1) is 6.42 Å². The van der Waals surface area contributed by atoms with E-state index >= 15 is 0 Å². The highest BCUT2D eigenvalue weighted by Gasteiger charge is 2.16. The van der Waals surface area contributed by atoms with Crippen molar-refractivity contribution in [1.29, 1.82) is 0 Å². The number of hydrogen-bond acceptors (Lipinski definition) is 2. The van der Waals surface area contributed by atoms with Crippen LogP contribution >= 0.6 is 0 Å². The average Bonchev–Trinajstić information content (AvgIpc) is 2.05. The Morgan fingerprint density at radius 3 is 3.00 bits per heavy atom. The molecule has 0 saturated heterocycles. The number of fused-ring (bicyclic) bond motifs is 1. The van der Waals surface area contributed by atoms with E-state index in [0.717, 1.165) is 17.5 Å². The lowest BCUT2D eigenvalue weighted by atomic mass is 9.91. The zero-order chi connectivity index (χ0) is 8.55. The van der Waals surface area contributed by atoms with E-state index in [-0.39, 0.29) is 11.5 Å². The number of carbonyl (C=O) groups excluding carboxylic acids is 1. The number of phenolic OH excluding ortho intramolecular Hbond substituents is 1. The zero-order valence-corrected chi connectivity index (χ0v) is 6.50. The van der Waals surface area contributed by atoms with Crippen LogP contribution < -0.4 is 0 Å². The molecular weight excluding hydrogens is 152 g/mol. The highest BCUT2D eigenvalue weighted by molar-refractivity contribution is 5.92. The number of hydrogen-bond donors (Lipinski definition) is 1. The van der Waals surface area contributed by atoms with Gasteiger partial charge < -0.3 is 5.11 Å². The van der Waals surface area contributed by atoms with Crippen LogP contribution in [-0.2, 0) is 11.2 Å². The van der Waals surface area contributed by atoms with Gasteiger partial charge in [0.25, 0.3) is 0 Å². The van der Waals surface area contributed by atoms with E-state index in [9.17, 15) is 4.79 Å². The smallest absolute Gasteiger partial charge is 0.146 e. The largest absolute Gasteiger partial charge is 0.508 e. The third-order valence-electron chi connectivity index (χ3n) is 1.98. The normalized spacial score (nSPS) is 15.8. The van der Waals surface area contributed by atoms with E-state index in [0.29, 0.717) is 6.42 Å². The van der Waals surface area contributed by atoms with Crippen molar-refractivity contribution in [2.75, 3.05) is 0 Å². The maximum atomic E-state index is 10.9. The molecule has 0 aliphatic heterocycles. The van der Waals surface area contributed by atoms with E-state index in [4.69, 9.17) is 5.11 Å². The SMILES string of the molecule is O=C1[C]c2ccc(O)cc2CC1. The van der Waals surface area contributed by atoms with Crippen LogP contribution in [0.3, 0.4) is 0 Å². The Kier molecular flexibility index (Phi) is 1.61. The fourth-order valence-corrected chi connectivity index (χ4v) is 1.37. The molecule has 1 aliphatic carbocycles. The Balaban J connectivity index is 2.43. The fraction of sp³-hybridized carbons (Fsp3) is 0.200. The molecule has 1 N–H and O–H groups in total. The first-order valence-corrected chi connectivity index (χ1v) is 3.87. The summed E-state index contributed by atoms with van der Waals surface area (Å²) in [6.45, 7) is 0. The van der Waals surface area contributed by atoms with Gasteiger partial charge in [-0.3, -0.25) is 4.79 Å². The van der Waals surface area contributed by atoms with Crippen molar-refractivity contribution in [2.24, 2.45) is 0 Å². The van der Waals surface area contributed by atoms with Gasteiger partial charge in [0.15, 0.2) is 0 Å². The number of benzene rings is 1. The predicted molar refractivity (Wildman–Crippen MR) is 43.8 cm³/mol. The standard InChI is InChI=1S/C10H8O2/c11-9-3-1-7-5-10(12)4-2-8(7)6-9/h1,3,6,11H,2,4H2. The monoisotopic (exact) mass is 160 g/mol. The molecule has 0 aromatic heterocycles. The average molecular weight is 160 g/mol. The van der Waals surface area contributed by atoms with E-state index in [1.165, 1.54) is 0 Å². The summed E-state index contributed by atoms with van der Waals surface area (Å²) in [5.74, 6) is 0.304. The number of ketones is 1. The predicted octanol–water partition coefficient (Wildman–Crippen LogP) is 1.34. The third-order valence-corrected chi connectivity index (χ3v) is 1.98. The molecule has 0 saturated carbocycles. The number of carbonyl (C=O) groups is 1. The lowest BCUT2D eigenvalue weighted by molar-refractivity contribution is -0.115. The van der Waals surface area contributed by atoms with Crippen LogP contribution in [0.5, 0.6) is 5.75 Å². The van der Waals surface area contributed by atoms with Crippen molar-refractivity contribution in [2.45, 2.75) is 12.8 Å². The van der Waals surface area contributed by atoms with Crippen molar-refractivity contribution in [1.82, 2.24) is 0 Å². The molecule has 0 fully saturated rings. The summed E-state index contributed by atoms with van der Waals surface area (Å²) in [6.07, 6.45) is 3.97. The van der Waals surface area contributed by atoms with Crippen LogP contribution in [0.1, 0.15) is 17.5 Å². The lowest BCUT2D eigenvalue weighted by Crippen LogP contribution is -2.10. The minimum absolute atomic E-state index is 0.0492. The molecule has 1 aromatic carbocycles. The highest BCUT2D eigenvalue weighted by atomic mass is 16.3. The first-order chi connectivity index (χ1) is 5.75. The van der Waals surface area contributed by atoms with Gasteiger partial charge in [-0.2, -0.15) is 0 Å². The van der Waals surface area contributed by atoms with Gasteiger partial charge in [0.1, 0.15) is 11.5 Å². The zero-order valence-electron chi connectivity index (χ0n) is 6.50. The van der Waals surface area contributed by atoms with Gasteiger partial charge in [-0.1, -0.05) is 6.07 Å². The van der Waals surface area contributed by atoms with Gasteiger partial charge in [-0.25, -0.2) is 0 Å². The summed E-state index contributed by atoms with van der Waals surface area (Å²) in [4.78, 5) is 10.9. The minimum Gasteiger partial charge on any atom is -0.508 e. The van der Waals surface area contributed by atoms with Gasteiger partial charge in [-0.05, 0) is 29.7 Å². The topological polar surface area (TPSA) is 37.3 Å². The van der Waals surface area contributed by atoms with Gasteiger partial charge in [-0.15, -0.1) is 0 Å². The Morgan fingerprint density at radius 1 is 1.33 bits per heavy atom. The van der Waals surface area contributed by atoms with Crippen LogP contribution in [0.2, 0.25) is 0 Å². The molecular formula is C10H8O2. The van der Waals surface area contributed by atoms with Crippen LogP contribution in [-0.4, -0.2) is 10.9 Å². The van der Waals surface area contributed by atoms with Crippen LogP contribution in [0.25, 0.3) is 0 Å². The van der Waals surface area contributed by atoms with E-state index in [1.54, 1.807) is 18.2 Å². The Hall–Kier alpha value is -1.31. The molecule has 2 heteroatoms. The molecule has 0 atom stereocenters. The fourth-order valence-electron chi connectivity index (χ4n) is 1.37. The summed E-state index contributed by atoms with van der Waals surface area (Å²) >= 11 is 0. The van der Waals surface area contributed by atoms with E-state index in [1.807, 2.05) is 0 Å². The number of Topliss-reactive ketones (excluding diaryl/α,β-unsaturated/α-hetero) is 1. The summed E-state index contributed by atoms with van der Waals surface area (Å²) in [5.41, 5.74) is 1.83. The van der Waals surface area contributed by atoms with E-state index < -0.39 is 0 Å². The molecule has 0 amide bonds. The third kappa shape index (κ3) is 1.20. The number of phenols is 1. The molecule has 60 valence electrons. The minimum atomic E-state index is 0.0492. The number of aromatic hydroxyl groups is 1. The number of aryl methyl sites for hydroxylation is 1. The van der Waals surface area contributed by atoms with Crippen molar-refractivity contribution in [3.05, 3.63) is 35.7 Å². The first-order valence-electron chi connectivity index (χ1n) is 3.87. The molecule has 1 aliphatic rings. The highest BCUT2D eigenvalue weighted by Crippen LogP contribution is 2.23. The summed E-state index contributed by atoms with van der Waals surface area (Å²) < 4.78 is 0. The van der Waals surface area contributed by atoms with Crippen molar-refractivity contribution in [3.8, 4) is 5.75 Å². The molecule has 0 heterocycles. The molecule has 0 spiro atoms. The quantitative estimate of drug-likeness (QED) is 0.621. The molecule has 2 radical (unpaired) electrons. The van der Waals surface area contributed by atoms with Crippen LogP contribution in [0.15, 0.2) is 18.2 Å². The van der Waals surface area contributed by atoms with Crippen molar-refractivity contribution < 1.29 is 9.90 Å². The van der Waals surface area contributed by atoms with Gasteiger partial charge in [0, 0.05) is 6.42 Å². The summed E-state index contributed by atoms with van der Waals surface area (Å²) in [5, 5.41) is 9.14. The Morgan fingerprint density at radius 2 is 2.17 bits per heavy atom. The Labute approximate surface area is 70.8 Å². The van der Waals surface area contributed by atoms with Gasteiger partial charge in [0.2, 0.25) is 0 Å². The second kappa shape index (κ2) is 2.63. The number of rotatable bonds is 0. The summed E-state index contributed by atoms with van der Waals surface area (Å²) in [7, 11) is 0. The van der Waals surface area contributed by atoms with Crippen LogP contribution in [0.4, 0.5) is 0 Å². The van der Waals surface area contributed by atoms with Crippen LogP contribution in [0, 0.1) is 6.42 Å². The molecule has 0 bridgehead atoms. The molecule has 1 aromatic rings. The van der Waals surface area contributed by atoms with E-state index in [2.05, 4.69) is 6.42 Å².